The highest BCUT2D eigenvalue weighted by molar-refractivity contribution is 5.77. The van der Waals surface area contributed by atoms with E-state index < -0.39 is 17.6 Å². The van der Waals surface area contributed by atoms with Crippen molar-refractivity contribution in [3.05, 3.63) is 102 Å². The number of para-hydroxylation sites is 1. The van der Waals surface area contributed by atoms with E-state index in [-0.39, 0.29) is 16.9 Å². The average Bonchev–Trinajstić information content (AvgIpc) is 2.76. The van der Waals surface area contributed by atoms with Gasteiger partial charge in [-0.25, -0.2) is 9.37 Å². The van der Waals surface area contributed by atoms with Crippen LogP contribution in [-0.4, -0.2) is 4.98 Å². The fraction of sp³-hybridized carbons (Fsp3) is 0.0417. The van der Waals surface area contributed by atoms with Gasteiger partial charge in [0.05, 0.1) is 16.9 Å². The molecular formula is C24H16F4N2. The third-order valence-corrected chi connectivity index (χ3v) is 4.57. The Kier molecular flexibility index (Phi) is 5.23. The topological polar surface area (TPSA) is 24.9 Å². The van der Waals surface area contributed by atoms with Crippen molar-refractivity contribution in [1.82, 2.24) is 4.98 Å². The van der Waals surface area contributed by atoms with E-state index in [1.807, 2.05) is 12.1 Å². The lowest BCUT2D eigenvalue weighted by Crippen LogP contribution is -2.09. The number of halogens is 4. The van der Waals surface area contributed by atoms with Crippen LogP contribution in [0.25, 0.3) is 22.5 Å². The minimum atomic E-state index is -4.64. The number of nitrogens with one attached hydrogen (secondary N) is 1. The van der Waals surface area contributed by atoms with Gasteiger partial charge in [-0.15, -0.1) is 0 Å². The van der Waals surface area contributed by atoms with Crippen molar-refractivity contribution in [2.75, 3.05) is 5.32 Å². The lowest BCUT2D eigenvalue weighted by atomic mass is 10.0. The van der Waals surface area contributed by atoms with Crippen molar-refractivity contribution in [3.63, 3.8) is 0 Å². The monoisotopic (exact) mass is 408 g/mol. The quantitative estimate of drug-likeness (QED) is 0.358. The molecule has 1 heterocycles. The second kappa shape index (κ2) is 7.99. The van der Waals surface area contributed by atoms with Gasteiger partial charge in [0.2, 0.25) is 0 Å². The van der Waals surface area contributed by atoms with Crippen LogP contribution in [-0.2, 0) is 6.18 Å². The van der Waals surface area contributed by atoms with E-state index in [1.54, 1.807) is 48.5 Å². The molecule has 0 aliphatic heterocycles. The molecule has 2 nitrogen and oxygen atoms in total. The maximum absolute atomic E-state index is 15.4. The van der Waals surface area contributed by atoms with Crippen LogP contribution in [0.1, 0.15) is 5.56 Å². The van der Waals surface area contributed by atoms with Crippen LogP contribution in [0.4, 0.5) is 28.9 Å². The Hall–Kier alpha value is -3.67. The molecule has 0 bridgehead atoms. The van der Waals surface area contributed by atoms with E-state index in [4.69, 9.17) is 0 Å². The van der Waals surface area contributed by atoms with Crippen LogP contribution >= 0.6 is 0 Å². The molecule has 0 aliphatic rings. The number of alkyl halides is 3. The van der Waals surface area contributed by atoms with Crippen molar-refractivity contribution in [1.29, 1.82) is 0 Å². The summed E-state index contributed by atoms with van der Waals surface area (Å²) in [7, 11) is 0. The van der Waals surface area contributed by atoms with Crippen LogP contribution in [0, 0.1) is 5.82 Å². The molecule has 0 atom stereocenters. The van der Waals surface area contributed by atoms with Gasteiger partial charge in [0.25, 0.3) is 0 Å². The summed E-state index contributed by atoms with van der Waals surface area (Å²) in [6.45, 7) is 0. The SMILES string of the molecule is Fc1c(Nc2ccccc2)cc(-c2ccccc2)nc1-c1ccccc1C(F)(F)F. The number of nitrogens with zero attached hydrogens (tertiary/aromatic N) is 1. The van der Waals surface area contributed by atoms with Crippen molar-refractivity contribution in [2.45, 2.75) is 6.18 Å². The maximum Gasteiger partial charge on any atom is 0.417 e. The Bertz CT molecular complexity index is 1160. The predicted molar refractivity (Wildman–Crippen MR) is 110 cm³/mol. The number of pyridine rings is 1. The highest BCUT2D eigenvalue weighted by atomic mass is 19.4. The zero-order chi connectivity index (χ0) is 21.1. The van der Waals surface area contributed by atoms with Gasteiger partial charge in [-0.2, -0.15) is 13.2 Å². The third kappa shape index (κ3) is 4.03. The van der Waals surface area contributed by atoms with E-state index in [2.05, 4.69) is 10.3 Å². The number of hydrogen-bond donors (Lipinski definition) is 1. The van der Waals surface area contributed by atoms with Gasteiger partial charge in [0, 0.05) is 16.8 Å². The van der Waals surface area contributed by atoms with Gasteiger partial charge in [-0.3, -0.25) is 0 Å². The molecule has 4 rings (SSSR count). The molecule has 150 valence electrons. The van der Waals surface area contributed by atoms with Gasteiger partial charge in [-0.1, -0.05) is 66.7 Å². The molecule has 1 N–H and O–H groups in total. The lowest BCUT2D eigenvalue weighted by molar-refractivity contribution is -0.137. The largest absolute Gasteiger partial charge is 0.417 e. The van der Waals surface area contributed by atoms with Crippen LogP contribution in [0.15, 0.2) is 91.0 Å². The lowest BCUT2D eigenvalue weighted by Gasteiger charge is -2.16. The zero-order valence-electron chi connectivity index (χ0n) is 15.6. The molecule has 0 fully saturated rings. The molecule has 0 spiro atoms. The fourth-order valence-electron chi connectivity index (χ4n) is 3.17. The number of hydrogen-bond acceptors (Lipinski definition) is 2. The van der Waals surface area contributed by atoms with E-state index in [0.717, 1.165) is 6.07 Å². The molecule has 6 heteroatoms. The molecule has 1 aromatic heterocycles. The first-order valence-electron chi connectivity index (χ1n) is 9.18. The van der Waals surface area contributed by atoms with Gasteiger partial charge in [-0.05, 0) is 24.3 Å². The molecule has 3 aromatic carbocycles. The highest BCUT2D eigenvalue weighted by Crippen LogP contribution is 2.39. The third-order valence-electron chi connectivity index (χ3n) is 4.57. The summed E-state index contributed by atoms with van der Waals surface area (Å²) in [5.41, 5.74) is 0.0758. The van der Waals surface area contributed by atoms with Gasteiger partial charge < -0.3 is 5.32 Å². The second-order valence-electron chi connectivity index (χ2n) is 6.62. The van der Waals surface area contributed by atoms with E-state index in [0.29, 0.717) is 16.9 Å². The summed E-state index contributed by atoms with van der Waals surface area (Å²) in [5.74, 6) is -0.852. The van der Waals surface area contributed by atoms with Gasteiger partial charge in [0.1, 0.15) is 5.69 Å². The summed E-state index contributed by atoms with van der Waals surface area (Å²) in [6.07, 6.45) is -4.64. The summed E-state index contributed by atoms with van der Waals surface area (Å²) in [4.78, 5) is 4.27. The Morgan fingerprint density at radius 2 is 1.33 bits per heavy atom. The Labute approximate surface area is 170 Å². The van der Waals surface area contributed by atoms with Crippen molar-refractivity contribution >= 4 is 11.4 Å². The van der Waals surface area contributed by atoms with E-state index in [1.165, 1.54) is 24.3 Å². The number of aromatic nitrogens is 1. The van der Waals surface area contributed by atoms with Crippen LogP contribution < -0.4 is 5.32 Å². The van der Waals surface area contributed by atoms with Crippen molar-refractivity contribution in [3.8, 4) is 22.5 Å². The van der Waals surface area contributed by atoms with Gasteiger partial charge in [0.15, 0.2) is 5.82 Å². The smallest absolute Gasteiger partial charge is 0.353 e. The first kappa shape index (κ1) is 19.6. The zero-order valence-corrected chi connectivity index (χ0v) is 15.6. The number of benzene rings is 3. The van der Waals surface area contributed by atoms with E-state index in [9.17, 15) is 13.2 Å². The Morgan fingerprint density at radius 1 is 0.733 bits per heavy atom. The molecule has 4 aromatic rings. The minimum absolute atomic E-state index is 0.0435. The van der Waals surface area contributed by atoms with Crippen LogP contribution in [0.5, 0.6) is 0 Å². The minimum Gasteiger partial charge on any atom is -0.353 e. The molecule has 0 radical (unpaired) electrons. The summed E-state index contributed by atoms with van der Waals surface area (Å²) < 4.78 is 56.1. The van der Waals surface area contributed by atoms with Crippen molar-refractivity contribution in [2.24, 2.45) is 0 Å². The first-order chi connectivity index (χ1) is 14.4. The molecule has 30 heavy (non-hydrogen) atoms. The van der Waals surface area contributed by atoms with Crippen LogP contribution in [0.2, 0.25) is 0 Å². The predicted octanol–water partition coefficient (Wildman–Crippen LogP) is 7.32. The molecular weight excluding hydrogens is 392 g/mol. The Morgan fingerprint density at radius 3 is 2.00 bits per heavy atom. The molecule has 0 saturated carbocycles. The normalized spacial score (nSPS) is 11.3. The highest BCUT2D eigenvalue weighted by Gasteiger charge is 2.34. The van der Waals surface area contributed by atoms with Gasteiger partial charge >= 0.3 is 6.18 Å². The number of anilines is 2. The number of rotatable bonds is 4. The summed E-state index contributed by atoms with van der Waals surface area (Å²) >= 11 is 0. The standard InChI is InChI=1S/C24H16F4N2/c25-22-21(29-17-11-5-2-6-12-17)15-20(16-9-3-1-4-10-16)30-23(22)18-13-7-8-14-19(18)24(26,27)28/h1-15H,(H,29,30). The second-order valence-corrected chi connectivity index (χ2v) is 6.62. The maximum atomic E-state index is 15.4. The van der Waals surface area contributed by atoms with E-state index >= 15 is 4.39 Å². The molecule has 0 aliphatic carbocycles. The molecule has 0 saturated heterocycles. The summed E-state index contributed by atoms with van der Waals surface area (Å²) in [6, 6.07) is 24.1. The van der Waals surface area contributed by atoms with Crippen molar-refractivity contribution < 1.29 is 17.6 Å². The molecule has 0 amide bonds. The van der Waals surface area contributed by atoms with Crippen LogP contribution in [0.3, 0.4) is 0 Å². The summed E-state index contributed by atoms with van der Waals surface area (Å²) in [5, 5.41) is 2.95. The average molecular weight is 408 g/mol. The molecule has 0 unspecified atom stereocenters. The fourth-order valence-corrected chi connectivity index (χ4v) is 3.17. The Balaban J connectivity index is 1.94. The first-order valence-corrected chi connectivity index (χ1v) is 9.18.